The minimum atomic E-state index is -0.360. The molecule has 0 saturated carbocycles. The number of nitriles is 1. The third kappa shape index (κ3) is 4.13. The van der Waals surface area contributed by atoms with E-state index in [-0.39, 0.29) is 11.6 Å². The molecule has 7 heteroatoms. The van der Waals surface area contributed by atoms with E-state index in [1.165, 1.54) is 0 Å². The van der Waals surface area contributed by atoms with Crippen molar-refractivity contribution in [3.63, 3.8) is 0 Å². The van der Waals surface area contributed by atoms with E-state index in [9.17, 15) is 4.79 Å². The zero-order valence-corrected chi connectivity index (χ0v) is 13.9. The zero-order valence-electron chi connectivity index (χ0n) is 13.9. The fraction of sp³-hybridized carbons (Fsp3) is 0.0526. The average molecular weight is 345 g/mol. The lowest BCUT2D eigenvalue weighted by molar-refractivity contribution is 0.102. The summed E-state index contributed by atoms with van der Waals surface area (Å²) in [5.41, 5.74) is 2.08. The summed E-state index contributed by atoms with van der Waals surface area (Å²) in [6.45, 7) is 0. The van der Waals surface area contributed by atoms with Gasteiger partial charge in [-0.2, -0.15) is 5.26 Å². The molecule has 0 saturated heterocycles. The van der Waals surface area contributed by atoms with Crippen LogP contribution in [0.3, 0.4) is 0 Å². The van der Waals surface area contributed by atoms with Gasteiger partial charge in [-0.1, -0.05) is 6.07 Å². The van der Waals surface area contributed by atoms with E-state index in [1.807, 2.05) is 6.07 Å². The fourth-order valence-corrected chi connectivity index (χ4v) is 2.20. The highest BCUT2D eigenvalue weighted by molar-refractivity contribution is 6.02. The summed E-state index contributed by atoms with van der Waals surface area (Å²) >= 11 is 0. The Labute approximate surface area is 150 Å². The van der Waals surface area contributed by atoms with Gasteiger partial charge in [0.05, 0.1) is 18.7 Å². The van der Waals surface area contributed by atoms with Crippen molar-refractivity contribution < 1.29 is 9.53 Å². The smallest absolute Gasteiger partial charge is 0.276 e. The van der Waals surface area contributed by atoms with Gasteiger partial charge in [0.15, 0.2) is 11.5 Å². The van der Waals surface area contributed by atoms with Crippen LogP contribution in [0, 0.1) is 11.3 Å². The van der Waals surface area contributed by atoms with Crippen molar-refractivity contribution in [1.29, 1.82) is 5.26 Å². The first-order chi connectivity index (χ1) is 12.7. The molecule has 0 spiro atoms. The summed E-state index contributed by atoms with van der Waals surface area (Å²) in [6, 6.07) is 19.3. The molecule has 1 amide bonds. The molecule has 0 unspecified atom stereocenters. The highest BCUT2D eigenvalue weighted by atomic mass is 16.5. The van der Waals surface area contributed by atoms with Crippen molar-refractivity contribution in [3.8, 4) is 11.8 Å². The molecule has 3 rings (SSSR count). The lowest BCUT2D eigenvalue weighted by Gasteiger charge is -2.07. The summed E-state index contributed by atoms with van der Waals surface area (Å²) in [4.78, 5) is 12.2. The van der Waals surface area contributed by atoms with Crippen molar-refractivity contribution in [1.82, 2.24) is 10.2 Å². The number of aromatic nitrogens is 2. The fourth-order valence-electron chi connectivity index (χ4n) is 2.20. The molecule has 0 bridgehead atoms. The third-order valence-corrected chi connectivity index (χ3v) is 3.51. The SMILES string of the molecule is COc1ccc(NC(=O)c2ccc(Nc3cccc(C#N)c3)nn2)cc1. The number of hydrogen-bond acceptors (Lipinski definition) is 6. The molecule has 0 radical (unpaired) electrons. The monoisotopic (exact) mass is 345 g/mol. The molecule has 0 aliphatic heterocycles. The number of methoxy groups -OCH3 is 1. The number of amides is 1. The van der Waals surface area contributed by atoms with Crippen LogP contribution >= 0.6 is 0 Å². The molecular weight excluding hydrogens is 330 g/mol. The molecule has 2 aromatic carbocycles. The Morgan fingerprint density at radius 1 is 1.04 bits per heavy atom. The van der Waals surface area contributed by atoms with Gasteiger partial charge in [0, 0.05) is 11.4 Å². The average Bonchev–Trinajstić information content (AvgIpc) is 2.69. The van der Waals surface area contributed by atoms with Crippen LogP contribution in [0.4, 0.5) is 17.2 Å². The van der Waals surface area contributed by atoms with E-state index in [4.69, 9.17) is 10.00 Å². The summed E-state index contributed by atoms with van der Waals surface area (Å²) in [5.74, 6) is 0.820. The minimum Gasteiger partial charge on any atom is -0.497 e. The van der Waals surface area contributed by atoms with E-state index in [2.05, 4.69) is 26.9 Å². The second-order valence-electron chi connectivity index (χ2n) is 5.30. The normalized spacial score (nSPS) is 9.85. The van der Waals surface area contributed by atoms with Crippen LogP contribution in [0.25, 0.3) is 0 Å². The Morgan fingerprint density at radius 2 is 1.85 bits per heavy atom. The number of hydrogen-bond donors (Lipinski definition) is 2. The lowest BCUT2D eigenvalue weighted by atomic mass is 10.2. The molecule has 26 heavy (non-hydrogen) atoms. The van der Waals surface area contributed by atoms with Crippen LogP contribution in [0.2, 0.25) is 0 Å². The molecule has 0 aliphatic carbocycles. The van der Waals surface area contributed by atoms with Gasteiger partial charge >= 0.3 is 0 Å². The zero-order chi connectivity index (χ0) is 18.4. The number of nitrogens with one attached hydrogen (secondary N) is 2. The topological polar surface area (TPSA) is 99.9 Å². The molecule has 0 fully saturated rings. The van der Waals surface area contributed by atoms with Gasteiger partial charge in [0.1, 0.15) is 5.75 Å². The van der Waals surface area contributed by atoms with E-state index in [1.54, 1.807) is 61.7 Å². The van der Waals surface area contributed by atoms with Gasteiger partial charge in [-0.25, -0.2) is 0 Å². The number of benzene rings is 2. The Kier molecular flexibility index (Phi) is 5.05. The highest BCUT2D eigenvalue weighted by Crippen LogP contribution is 2.17. The first-order valence-corrected chi connectivity index (χ1v) is 7.74. The Bertz CT molecular complexity index is 947. The van der Waals surface area contributed by atoms with Gasteiger partial charge in [-0.05, 0) is 54.6 Å². The molecule has 128 valence electrons. The van der Waals surface area contributed by atoms with E-state index < -0.39 is 0 Å². The van der Waals surface area contributed by atoms with Crippen molar-refractivity contribution in [2.24, 2.45) is 0 Å². The summed E-state index contributed by atoms with van der Waals surface area (Å²) in [5, 5.41) is 22.6. The van der Waals surface area contributed by atoms with Gasteiger partial charge in [-0.15, -0.1) is 10.2 Å². The second-order valence-corrected chi connectivity index (χ2v) is 5.30. The van der Waals surface area contributed by atoms with Crippen LogP contribution in [0.1, 0.15) is 16.1 Å². The first-order valence-electron chi connectivity index (χ1n) is 7.74. The maximum atomic E-state index is 12.2. The molecule has 7 nitrogen and oxygen atoms in total. The molecule has 0 aliphatic rings. The van der Waals surface area contributed by atoms with Gasteiger partial charge in [0.25, 0.3) is 5.91 Å². The molecular formula is C19H15N5O2. The number of rotatable bonds is 5. The molecule has 3 aromatic rings. The lowest BCUT2D eigenvalue weighted by Crippen LogP contribution is -2.14. The highest BCUT2D eigenvalue weighted by Gasteiger charge is 2.09. The van der Waals surface area contributed by atoms with Crippen molar-refractivity contribution in [2.75, 3.05) is 17.7 Å². The maximum absolute atomic E-state index is 12.2. The predicted octanol–water partition coefficient (Wildman–Crippen LogP) is 3.35. The summed E-state index contributed by atoms with van der Waals surface area (Å²) < 4.78 is 5.08. The number of carbonyl (C=O) groups is 1. The summed E-state index contributed by atoms with van der Waals surface area (Å²) in [6.07, 6.45) is 0. The number of nitrogens with zero attached hydrogens (tertiary/aromatic N) is 3. The van der Waals surface area contributed by atoms with Crippen LogP contribution in [0.15, 0.2) is 60.7 Å². The van der Waals surface area contributed by atoms with Crippen LogP contribution in [-0.2, 0) is 0 Å². The van der Waals surface area contributed by atoms with Crippen LogP contribution in [0.5, 0.6) is 5.75 Å². The standard InChI is InChI=1S/C19H15N5O2/c1-26-16-7-5-14(6-8-16)22-19(25)17-9-10-18(24-23-17)21-15-4-2-3-13(11-15)12-20/h2-11H,1H3,(H,21,24)(H,22,25). The maximum Gasteiger partial charge on any atom is 0.276 e. The Hall–Kier alpha value is -3.92. The van der Waals surface area contributed by atoms with E-state index in [0.29, 0.717) is 28.5 Å². The van der Waals surface area contributed by atoms with Gasteiger partial charge in [0.2, 0.25) is 0 Å². The number of ether oxygens (including phenoxy) is 1. The predicted molar refractivity (Wildman–Crippen MR) is 97.4 cm³/mol. The van der Waals surface area contributed by atoms with Gasteiger partial charge in [-0.3, -0.25) is 4.79 Å². The van der Waals surface area contributed by atoms with E-state index >= 15 is 0 Å². The van der Waals surface area contributed by atoms with E-state index in [0.717, 1.165) is 0 Å². The number of carbonyl (C=O) groups excluding carboxylic acids is 1. The van der Waals surface area contributed by atoms with Crippen LogP contribution in [-0.4, -0.2) is 23.2 Å². The molecule has 0 atom stereocenters. The molecule has 1 aromatic heterocycles. The Balaban J connectivity index is 1.66. The summed E-state index contributed by atoms with van der Waals surface area (Å²) in [7, 11) is 1.58. The molecule has 1 heterocycles. The first kappa shape index (κ1) is 16.9. The van der Waals surface area contributed by atoms with Crippen molar-refractivity contribution in [2.45, 2.75) is 0 Å². The largest absolute Gasteiger partial charge is 0.497 e. The van der Waals surface area contributed by atoms with Crippen molar-refractivity contribution >= 4 is 23.1 Å². The van der Waals surface area contributed by atoms with Crippen molar-refractivity contribution in [3.05, 3.63) is 71.9 Å². The second kappa shape index (κ2) is 7.77. The molecule has 2 N–H and O–H groups in total. The third-order valence-electron chi connectivity index (χ3n) is 3.51. The van der Waals surface area contributed by atoms with Gasteiger partial charge < -0.3 is 15.4 Å². The Morgan fingerprint density at radius 3 is 2.50 bits per heavy atom. The van der Waals surface area contributed by atoms with Crippen LogP contribution < -0.4 is 15.4 Å². The quantitative estimate of drug-likeness (QED) is 0.735. The number of anilines is 3. The minimum absolute atomic E-state index is 0.192.